The molecule has 1 unspecified atom stereocenters. The van der Waals surface area contributed by atoms with Gasteiger partial charge in [-0.3, -0.25) is 9.48 Å². The van der Waals surface area contributed by atoms with Gasteiger partial charge in [-0.2, -0.15) is 18.3 Å². The van der Waals surface area contributed by atoms with Crippen molar-refractivity contribution in [2.24, 2.45) is 7.05 Å². The minimum atomic E-state index is -4.65. The number of carbonyl (C=O) groups excluding carboxylic acids is 1. The summed E-state index contributed by atoms with van der Waals surface area (Å²) in [6, 6.07) is 7.36. The van der Waals surface area contributed by atoms with Crippen LogP contribution in [0.1, 0.15) is 39.6 Å². The summed E-state index contributed by atoms with van der Waals surface area (Å²) >= 11 is 0. The Morgan fingerprint density at radius 2 is 2.09 bits per heavy atom. The third-order valence-electron chi connectivity index (χ3n) is 3.78. The smallest absolute Gasteiger partial charge is 0.345 e. The molecule has 116 valence electrons. The van der Waals surface area contributed by atoms with Crippen molar-refractivity contribution in [3.63, 3.8) is 0 Å². The summed E-state index contributed by atoms with van der Waals surface area (Å²) in [5.74, 6) is -0.748. The van der Waals surface area contributed by atoms with Gasteiger partial charge in [-0.1, -0.05) is 24.3 Å². The Balaban J connectivity index is 1.85. The molecule has 7 heteroatoms. The molecule has 1 amide bonds. The molecule has 1 heterocycles. The third kappa shape index (κ3) is 2.58. The molecule has 1 N–H and O–H groups in total. The van der Waals surface area contributed by atoms with Crippen LogP contribution in [0.2, 0.25) is 0 Å². The fourth-order valence-electron chi connectivity index (χ4n) is 2.81. The molecule has 4 nitrogen and oxygen atoms in total. The average Bonchev–Trinajstić information content (AvgIpc) is 3.03. The number of hydrogen-bond acceptors (Lipinski definition) is 2. The second kappa shape index (κ2) is 5.15. The molecule has 1 aromatic heterocycles. The number of halogens is 3. The lowest BCUT2D eigenvalue weighted by Crippen LogP contribution is -2.28. The van der Waals surface area contributed by atoms with Gasteiger partial charge in [-0.05, 0) is 24.0 Å². The first-order valence-electron chi connectivity index (χ1n) is 6.86. The maximum atomic E-state index is 12.9. The minimum Gasteiger partial charge on any atom is -0.345 e. The van der Waals surface area contributed by atoms with Gasteiger partial charge in [0.2, 0.25) is 0 Å². The molecule has 0 radical (unpaired) electrons. The lowest BCUT2D eigenvalue weighted by molar-refractivity contribution is -0.141. The van der Waals surface area contributed by atoms with Crippen LogP contribution in [-0.4, -0.2) is 15.7 Å². The minimum absolute atomic E-state index is 0.259. The number of amides is 1. The molecule has 0 fully saturated rings. The van der Waals surface area contributed by atoms with Crippen LogP contribution < -0.4 is 5.32 Å². The summed E-state index contributed by atoms with van der Waals surface area (Å²) in [4.78, 5) is 12.2. The molecule has 1 aliphatic carbocycles. The topological polar surface area (TPSA) is 46.9 Å². The number of fused-ring (bicyclic) bond motifs is 1. The van der Waals surface area contributed by atoms with Gasteiger partial charge in [0.05, 0.1) is 11.6 Å². The Morgan fingerprint density at radius 3 is 2.82 bits per heavy atom. The van der Waals surface area contributed by atoms with Crippen molar-refractivity contribution in [3.8, 4) is 0 Å². The van der Waals surface area contributed by atoms with Gasteiger partial charge in [0.15, 0.2) is 5.69 Å². The molecule has 3 rings (SSSR count). The number of aryl methyl sites for hydroxylation is 2. The molecule has 0 spiro atoms. The number of hydrogen-bond donors (Lipinski definition) is 1. The monoisotopic (exact) mass is 309 g/mol. The highest BCUT2D eigenvalue weighted by molar-refractivity contribution is 5.95. The zero-order chi connectivity index (χ0) is 15.9. The molecule has 0 aliphatic heterocycles. The van der Waals surface area contributed by atoms with Crippen LogP contribution >= 0.6 is 0 Å². The molecule has 2 aromatic rings. The van der Waals surface area contributed by atoms with Crippen LogP contribution in [0.25, 0.3) is 0 Å². The van der Waals surface area contributed by atoms with Crippen molar-refractivity contribution in [1.82, 2.24) is 15.1 Å². The SMILES string of the molecule is Cn1cc(C(=O)NC2CCc3ccccc32)c(C(F)(F)F)n1. The number of nitrogens with zero attached hydrogens (tertiary/aromatic N) is 2. The molecule has 22 heavy (non-hydrogen) atoms. The Hall–Kier alpha value is -2.31. The number of alkyl halides is 3. The van der Waals surface area contributed by atoms with Crippen LogP contribution in [0, 0.1) is 0 Å². The fourth-order valence-corrected chi connectivity index (χ4v) is 2.81. The van der Waals surface area contributed by atoms with Crippen molar-refractivity contribution >= 4 is 5.91 Å². The summed E-state index contributed by atoms with van der Waals surface area (Å²) in [7, 11) is 1.36. The van der Waals surface area contributed by atoms with Crippen molar-refractivity contribution < 1.29 is 18.0 Å². The van der Waals surface area contributed by atoms with Gasteiger partial charge in [0.1, 0.15) is 0 Å². The van der Waals surface area contributed by atoms with Crippen LogP contribution in [0.5, 0.6) is 0 Å². The summed E-state index contributed by atoms with van der Waals surface area (Å²) in [5, 5.41) is 6.04. The maximum absolute atomic E-state index is 12.9. The number of aromatic nitrogens is 2. The predicted molar refractivity (Wildman–Crippen MR) is 73.2 cm³/mol. The fraction of sp³-hybridized carbons (Fsp3) is 0.333. The molecule has 1 aromatic carbocycles. The quantitative estimate of drug-likeness (QED) is 0.927. The van der Waals surface area contributed by atoms with Gasteiger partial charge in [0, 0.05) is 13.2 Å². The standard InChI is InChI=1S/C15H14F3N3O/c1-21-8-11(13(20-21)15(16,17)18)14(22)19-12-7-6-9-4-2-3-5-10(9)12/h2-5,8,12H,6-7H2,1H3,(H,19,22). The van der Waals surface area contributed by atoms with Gasteiger partial charge >= 0.3 is 6.18 Å². The van der Waals surface area contributed by atoms with E-state index in [0.717, 1.165) is 28.4 Å². The second-order valence-corrected chi connectivity index (χ2v) is 5.33. The number of nitrogens with one attached hydrogen (secondary N) is 1. The van der Waals surface area contributed by atoms with E-state index in [-0.39, 0.29) is 6.04 Å². The molecule has 0 bridgehead atoms. The van der Waals surface area contributed by atoms with Crippen LogP contribution in [0.3, 0.4) is 0 Å². The van der Waals surface area contributed by atoms with Crippen LogP contribution in [0.4, 0.5) is 13.2 Å². The summed E-state index contributed by atoms with van der Waals surface area (Å²) in [5.41, 5.74) is 0.487. The Morgan fingerprint density at radius 1 is 1.36 bits per heavy atom. The van der Waals surface area contributed by atoms with Crippen LogP contribution in [-0.2, 0) is 19.6 Å². The second-order valence-electron chi connectivity index (χ2n) is 5.33. The first-order valence-corrected chi connectivity index (χ1v) is 6.86. The van der Waals surface area contributed by atoms with E-state index < -0.39 is 23.3 Å². The molecular weight excluding hydrogens is 295 g/mol. The average molecular weight is 309 g/mol. The van der Waals surface area contributed by atoms with E-state index in [1.54, 1.807) is 0 Å². The first-order chi connectivity index (χ1) is 10.4. The Bertz CT molecular complexity index is 721. The zero-order valence-electron chi connectivity index (χ0n) is 11.8. The van der Waals surface area contributed by atoms with E-state index in [1.807, 2.05) is 24.3 Å². The van der Waals surface area contributed by atoms with Gasteiger partial charge in [-0.25, -0.2) is 0 Å². The van der Waals surface area contributed by atoms with Crippen molar-refractivity contribution in [1.29, 1.82) is 0 Å². The Kier molecular flexibility index (Phi) is 3.42. The molecule has 0 saturated carbocycles. The molecule has 1 aliphatic rings. The summed E-state index contributed by atoms with van der Waals surface area (Å²) < 4.78 is 39.8. The van der Waals surface area contributed by atoms with Crippen molar-refractivity contribution in [2.45, 2.75) is 25.1 Å². The highest BCUT2D eigenvalue weighted by Crippen LogP contribution is 2.33. The molecular formula is C15H14F3N3O. The third-order valence-corrected chi connectivity index (χ3v) is 3.78. The first kappa shape index (κ1) is 14.6. The largest absolute Gasteiger partial charge is 0.435 e. The van der Waals surface area contributed by atoms with Gasteiger partial charge < -0.3 is 5.32 Å². The van der Waals surface area contributed by atoms with E-state index in [0.29, 0.717) is 6.42 Å². The normalized spacial score (nSPS) is 17.4. The van der Waals surface area contributed by atoms with Gasteiger partial charge in [0.25, 0.3) is 5.91 Å². The number of benzene rings is 1. The van der Waals surface area contributed by atoms with Crippen LogP contribution in [0.15, 0.2) is 30.5 Å². The van der Waals surface area contributed by atoms with Crippen molar-refractivity contribution in [2.75, 3.05) is 0 Å². The summed E-state index contributed by atoms with van der Waals surface area (Å²) in [6.07, 6.45) is -2.06. The molecule has 1 atom stereocenters. The van der Waals surface area contributed by atoms with E-state index >= 15 is 0 Å². The highest BCUT2D eigenvalue weighted by atomic mass is 19.4. The van der Waals surface area contributed by atoms with E-state index in [9.17, 15) is 18.0 Å². The maximum Gasteiger partial charge on any atom is 0.435 e. The van der Waals surface area contributed by atoms with E-state index in [1.165, 1.54) is 7.05 Å². The lowest BCUT2D eigenvalue weighted by atomic mass is 10.1. The number of carbonyl (C=O) groups is 1. The van der Waals surface area contributed by atoms with E-state index in [2.05, 4.69) is 10.4 Å². The van der Waals surface area contributed by atoms with Gasteiger partial charge in [-0.15, -0.1) is 0 Å². The predicted octanol–water partition coefficient (Wildman–Crippen LogP) is 2.86. The highest BCUT2D eigenvalue weighted by Gasteiger charge is 2.39. The molecule has 0 saturated heterocycles. The Labute approximate surface area is 124 Å². The lowest BCUT2D eigenvalue weighted by Gasteiger charge is -2.14. The van der Waals surface area contributed by atoms with E-state index in [4.69, 9.17) is 0 Å². The zero-order valence-corrected chi connectivity index (χ0v) is 11.8. The summed E-state index contributed by atoms with van der Waals surface area (Å²) in [6.45, 7) is 0. The number of rotatable bonds is 2. The van der Waals surface area contributed by atoms with Crippen molar-refractivity contribution in [3.05, 3.63) is 52.8 Å².